The van der Waals surface area contributed by atoms with Crippen molar-refractivity contribution in [2.75, 3.05) is 23.3 Å². The van der Waals surface area contributed by atoms with Gasteiger partial charge in [-0.2, -0.15) is 5.26 Å². The smallest absolute Gasteiger partial charge is 0.251 e. The summed E-state index contributed by atoms with van der Waals surface area (Å²) in [5.41, 5.74) is 9.17. The number of hydrogen-bond acceptors (Lipinski definition) is 5. The van der Waals surface area contributed by atoms with Crippen LogP contribution in [0.1, 0.15) is 48.3 Å². The molecule has 3 atom stereocenters. The SMILES string of the molecule is CC(=O)N1c2ccc(C(=O)NCCN)cc2[C@H](Nc2ccc(C#N)cc2)[C@@H](C)[C@@H]1C. The van der Waals surface area contributed by atoms with Crippen molar-refractivity contribution in [3.05, 3.63) is 59.2 Å². The Morgan fingerprint density at radius 1 is 1.17 bits per heavy atom. The van der Waals surface area contributed by atoms with Crippen molar-refractivity contribution in [3.8, 4) is 6.07 Å². The molecule has 1 heterocycles. The van der Waals surface area contributed by atoms with Crippen LogP contribution in [0, 0.1) is 17.2 Å². The molecule has 1 aliphatic heterocycles. The van der Waals surface area contributed by atoms with Crippen molar-refractivity contribution in [3.63, 3.8) is 0 Å². The molecule has 0 spiro atoms. The molecule has 0 aliphatic carbocycles. The predicted molar refractivity (Wildman–Crippen MR) is 117 cm³/mol. The Morgan fingerprint density at radius 2 is 1.87 bits per heavy atom. The van der Waals surface area contributed by atoms with Crippen LogP contribution in [-0.2, 0) is 4.79 Å². The number of amides is 2. The first-order valence-corrected chi connectivity index (χ1v) is 10.1. The zero-order valence-electron chi connectivity index (χ0n) is 17.5. The Hall–Kier alpha value is -3.37. The molecule has 2 amide bonds. The van der Waals surface area contributed by atoms with Crippen LogP contribution in [0.25, 0.3) is 0 Å². The average Bonchev–Trinajstić information content (AvgIpc) is 2.75. The van der Waals surface area contributed by atoms with Gasteiger partial charge in [0.1, 0.15) is 0 Å². The summed E-state index contributed by atoms with van der Waals surface area (Å²) in [4.78, 5) is 26.7. The van der Waals surface area contributed by atoms with E-state index in [9.17, 15) is 9.59 Å². The number of carbonyl (C=O) groups excluding carboxylic acids is 2. The van der Waals surface area contributed by atoms with Gasteiger partial charge in [-0.05, 0) is 55.0 Å². The Bertz CT molecular complexity index is 980. The predicted octanol–water partition coefficient (Wildman–Crippen LogP) is 2.79. The van der Waals surface area contributed by atoms with Crippen LogP contribution in [0.2, 0.25) is 0 Å². The van der Waals surface area contributed by atoms with Crippen LogP contribution in [0.4, 0.5) is 11.4 Å². The second-order valence-electron chi connectivity index (χ2n) is 7.62. The Morgan fingerprint density at radius 3 is 2.47 bits per heavy atom. The quantitative estimate of drug-likeness (QED) is 0.708. The van der Waals surface area contributed by atoms with E-state index in [1.165, 1.54) is 0 Å². The highest BCUT2D eigenvalue weighted by Crippen LogP contribution is 2.42. The highest BCUT2D eigenvalue weighted by Gasteiger charge is 2.38. The van der Waals surface area contributed by atoms with Crippen molar-refractivity contribution < 1.29 is 9.59 Å². The van der Waals surface area contributed by atoms with Crippen molar-refractivity contribution in [1.29, 1.82) is 5.26 Å². The summed E-state index contributed by atoms with van der Waals surface area (Å²) >= 11 is 0. The fourth-order valence-electron chi connectivity index (χ4n) is 3.95. The van der Waals surface area contributed by atoms with E-state index in [4.69, 9.17) is 11.0 Å². The second kappa shape index (κ2) is 8.97. The summed E-state index contributed by atoms with van der Waals surface area (Å²) < 4.78 is 0. The van der Waals surface area contributed by atoms with Gasteiger partial charge in [0, 0.05) is 48.9 Å². The Balaban J connectivity index is 2.03. The molecule has 2 aromatic carbocycles. The molecule has 4 N–H and O–H groups in total. The molecule has 0 saturated heterocycles. The fourth-order valence-corrected chi connectivity index (χ4v) is 3.95. The highest BCUT2D eigenvalue weighted by molar-refractivity contribution is 5.98. The lowest BCUT2D eigenvalue weighted by Crippen LogP contribution is -2.48. The van der Waals surface area contributed by atoms with E-state index in [-0.39, 0.29) is 29.8 Å². The zero-order chi connectivity index (χ0) is 21.8. The van der Waals surface area contributed by atoms with Crippen LogP contribution < -0.4 is 21.3 Å². The van der Waals surface area contributed by atoms with Gasteiger partial charge in [-0.3, -0.25) is 9.59 Å². The molecule has 156 valence electrons. The molecule has 0 radical (unpaired) electrons. The zero-order valence-corrected chi connectivity index (χ0v) is 17.5. The number of nitrogens with zero attached hydrogens (tertiary/aromatic N) is 2. The Kier molecular flexibility index (Phi) is 6.38. The lowest BCUT2D eigenvalue weighted by atomic mass is 9.82. The van der Waals surface area contributed by atoms with Gasteiger partial charge >= 0.3 is 0 Å². The third kappa shape index (κ3) is 4.14. The van der Waals surface area contributed by atoms with E-state index in [2.05, 4.69) is 23.6 Å². The van der Waals surface area contributed by atoms with E-state index in [0.717, 1.165) is 16.9 Å². The van der Waals surface area contributed by atoms with Crippen LogP contribution in [0.3, 0.4) is 0 Å². The first-order chi connectivity index (χ1) is 14.4. The normalized spacial score (nSPS) is 20.1. The number of anilines is 2. The average molecular weight is 406 g/mol. The summed E-state index contributed by atoms with van der Waals surface area (Å²) in [7, 11) is 0. The molecule has 3 rings (SSSR count). The van der Waals surface area contributed by atoms with Gasteiger partial charge in [0.25, 0.3) is 5.91 Å². The summed E-state index contributed by atoms with van der Waals surface area (Å²) in [6.07, 6.45) is 0. The molecule has 0 bridgehead atoms. The number of nitrogens with two attached hydrogens (primary N) is 1. The first-order valence-electron chi connectivity index (χ1n) is 10.1. The van der Waals surface area contributed by atoms with Crippen LogP contribution in [-0.4, -0.2) is 30.9 Å². The van der Waals surface area contributed by atoms with Gasteiger partial charge < -0.3 is 21.3 Å². The fraction of sp³-hybridized carbons (Fsp3) is 0.348. The van der Waals surface area contributed by atoms with Crippen LogP contribution in [0.5, 0.6) is 0 Å². The molecule has 0 fully saturated rings. The lowest BCUT2D eigenvalue weighted by Gasteiger charge is -2.44. The summed E-state index contributed by atoms with van der Waals surface area (Å²) in [5, 5.41) is 15.4. The lowest BCUT2D eigenvalue weighted by molar-refractivity contribution is -0.117. The van der Waals surface area contributed by atoms with E-state index in [1.54, 1.807) is 30.0 Å². The summed E-state index contributed by atoms with van der Waals surface area (Å²) in [6.45, 7) is 6.45. The van der Waals surface area contributed by atoms with E-state index >= 15 is 0 Å². The minimum absolute atomic E-state index is 0.0252. The van der Waals surface area contributed by atoms with E-state index in [0.29, 0.717) is 24.2 Å². The maximum atomic E-state index is 12.5. The molecule has 7 nitrogen and oxygen atoms in total. The standard InChI is InChI=1S/C23H27N5O2/c1-14-15(2)28(16(3)29)21-9-6-18(23(30)26-11-10-24)12-20(21)22(14)27-19-7-4-17(13-25)5-8-19/h4-9,12,14-15,22,27H,10-11,24H2,1-3H3,(H,26,30)/t14-,15-,22+/m0/s1. The van der Waals surface area contributed by atoms with Crippen molar-refractivity contribution in [2.45, 2.75) is 32.9 Å². The maximum absolute atomic E-state index is 12.5. The summed E-state index contributed by atoms with van der Waals surface area (Å²) in [5.74, 6) is -0.145. The third-order valence-corrected chi connectivity index (χ3v) is 5.68. The molecule has 30 heavy (non-hydrogen) atoms. The number of benzene rings is 2. The number of fused-ring (bicyclic) bond motifs is 1. The van der Waals surface area contributed by atoms with Crippen LogP contribution in [0.15, 0.2) is 42.5 Å². The van der Waals surface area contributed by atoms with Gasteiger partial charge in [-0.25, -0.2) is 0 Å². The summed E-state index contributed by atoms with van der Waals surface area (Å²) in [6, 6.07) is 14.7. The van der Waals surface area contributed by atoms with Gasteiger partial charge in [0.2, 0.25) is 5.91 Å². The number of carbonyl (C=O) groups is 2. The van der Waals surface area contributed by atoms with Crippen molar-refractivity contribution in [2.24, 2.45) is 11.7 Å². The largest absolute Gasteiger partial charge is 0.378 e. The molecule has 7 heteroatoms. The highest BCUT2D eigenvalue weighted by atomic mass is 16.2. The van der Waals surface area contributed by atoms with Gasteiger partial charge in [0.05, 0.1) is 17.7 Å². The second-order valence-corrected chi connectivity index (χ2v) is 7.62. The molecule has 2 aromatic rings. The van der Waals surface area contributed by atoms with E-state index in [1.807, 2.05) is 31.2 Å². The molecule has 0 unspecified atom stereocenters. The van der Waals surface area contributed by atoms with Crippen LogP contribution >= 0.6 is 0 Å². The minimum Gasteiger partial charge on any atom is -0.378 e. The van der Waals surface area contributed by atoms with Crippen molar-refractivity contribution >= 4 is 23.2 Å². The third-order valence-electron chi connectivity index (χ3n) is 5.68. The van der Waals surface area contributed by atoms with Gasteiger partial charge in [0.15, 0.2) is 0 Å². The minimum atomic E-state index is -0.193. The number of hydrogen-bond donors (Lipinski definition) is 3. The van der Waals surface area contributed by atoms with Gasteiger partial charge in [-0.1, -0.05) is 6.92 Å². The molecule has 0 saturated carbocycles. The number of nitriles is 1. The van der Waals surface area contributed by atoms with E-state index < -0.39 is 0 Å². The molecule has 1 aliphatic rings. The first kappa shape index (κ1) is 21.3. The maximum Gasteiger partial charge on any atom is 0.251 e. The Labute approximate surface area is 176 Å². The number of rotatable bonds is 5. The number of nitrogens with one attached hydrogen (secondary N) is 2. The topological polar surface area (TPSA) is 111 Å². The molecular formula is C23H27N5O2. The monoisotopic (exact) mass is 405 g/mol. The van der Waals surface area contributed by atoms with Gasteiger partial charge in [-0.15, -0.1) is 0 Å². The molecule has 0 aromatic heterocycles. The molecular weight excluding hydrogens is 378 g/mol. The van der Waals surface area contributed by atoms with Crippen molar-refractivity contribution in [1.82, 2.24) is 5.32 Å².